The second-order valence-electron chi connectivity index (χ2n) is 6.48. The summed E-state index contributed by atoms with van der Waals surface area (Å²) in [6, 6.07) is 0. The van der Waals surface area contributed by atoms with Crippen LogP contribution in [0.5, 0.6) is 0 Å². The molecule has 1 atom stereocenters. The molecular weight excluding hydrogens is 272 g/mol. The van der Waals surface area contributed by atoms with Crippen LogP contribution in [0.4, 0.5) is 0 Å². The van der Waals surface area contributed by atoms with Crippen molar-refractivity contribution in [1.82, 2.24) is 0 Å². The molecule has 0 fully saturated rings. The van der Waals surface area contributed by atoms with Crippen LogP contribution in [0.15, 0.2) is 12.3 Å². The average Bonchev–Trinajstić information content (AvgIpc) is 2.33. The van der Waals surface area contributed by atoms with Crippen molar-refractivity contribution >= 4 is 8.32 Å². The third-order valence-electron chi connectivity index (χ3n) is 3.60. The van der Waals surface area contributed by atoms with E-state index in [1.165, 1.54) is 0 Å². The first-order valence-corrected chi connectivity index (χ1v) is 10.1. The Labute approximate surface area is 125 Å². The van der Waals surface area contributed by atoms with Crippen molar-refractivity contribution in [3.8, 4) is 0 Å². The van der Waals surface area contributed by atoms with Gasteiger partial charge in [0, 0.05) is 7.11 Å². The molecule has 5 heteroatoms. The van der Waals surface area contributed by atoms with Gasteiger partial charge in [0.2, 0.25) is 8.32 Å². The number of methoxy groups -OCH3 is 1. The van der Waals surface area contributed by atoms with Gasteiger partial charge in [-0.1, -0.05) is 20.8 Å². The van der Waals surface area contributed by atoms with E-state index in [0.717, 1.165) is 6.42 Å². The van der Waals surface area contributed by atoms with Crippen molar-refractivity contribution in [2.75, 3.05) is 27.1 Å². The molecule has 0 rings (SSSR count). The van der Waals surface area contributed by atoms with E-state index in [4.69, 9.17) is 18.6 Å². The standard InChI is InChI=1S/C15H32O4Si/c1-14(18-13-17-12-11-16-5)9-8-10-19-20(6,7)15(2,3)4/h8,10,14H,9,11-13H2,1-7H3/t14-/m1/s1. The summed E-state index contributed by atoms with van der Waals surface area (Å²) in [6.07, 6.45) is 4.81. The SMILES string of the molecule is COCCOCO[C@H](C)CC=CO[Si](C)(C)C(C)(C)C. The highest BCUT2D eigenvalue weighted by atomic mass is 28.4. The van der Waals surface area contributed by atoms with Crippen LogP contribution in [0, 0.1) is 0 Å². The van der Waals surface area contributed by atoms with Gasteiger partial charge in [-0.15, -0.1) is 0 Å². The molecule has 0 saturated heterocycles. The van der Waals surface area contributed by atoms with Gasteiger partial charge in [0.15, 0.2) is 0 Å². The molecule has 0 amide bonds. The van der Waals surface area contributed by atoms with Crippen LogP contribution in [0.2, 0.25) is 18.1 Å². The fourth-order valence-electron chi connectivity index (χ4n) is 1.08. The molecule has 0 aromatic carbocycles. The maximum absolute atomic E-state index is 5.96. The van der Waals surface area contributed by atoms with E-state index >= 15 is 0 Å². The number of hydrogen-bond acceptors (Lipinski definition) is 4. The highest BCUT2D eigenvalue weighted by molar-refractivity contribution is 6.74. The Hall–Kier alpha value is -0.363. The summed E-state index contributed by atoms with van der Waals surface area (Å²) in [7, 11) is -0.0307. The second-order valence-corrected chi connectivity index (χ2v) is 11.2. The molecule has 0 aromatic heterocycles. The predicted molar refractivity (Wildman–Crippen MR) is 85.3 cm³/mol. The fraction of sp³-hybridized carbons (Fsp3) is 0.867. The molecule has 20 heavy (non-hydrogen) atoms. The Morgan fingerprint density at radius 2 is 1.80 bits per heavy atom. The lowest BCUT2D eigenvalue weighted by molar-refractivity contribution is -0.0914. The van der Waals surface area contributed by atoms with Crippen LogP contribution in [0.25, 0.3) is 0 Å². The molecule has 0 radical (unpaired) electrons. The largest absolute Gasteiger partial charge is 0.549 e. The highest BCUT2D eigenvalue weighted by Gasteiger charge is 2.37. The quantitative estimate of drug-likeness (QED) is 0.265. The normalized spacial score (nSPS) is 14.8. The Balaban J connectivity index is 3.79. The van der Waals surface area contributed by atoms with Gasteiger partial charge in [0.25, 0.3) is 0 Å². The van der Waals surface area contributed by atoms with Crippen LogP contribution < -0.4 is 0 Å². The first kappa shape index (κ1) is 19.6. The van der Waals surface area contributed by atoms with Crippen molar-refractivity contribution in [2.45, 2.75) is 58.4 Å². The van der Waals surface area contributed by atoms with Crippen molar-refractivity contribution in [1.29, 1.82) is 0 Å². The van der Waals surface area contributed by atoms with Crippen LogP contribution in [0.1, 0.15) is 34.1 Å². The van der Waals surface area contributed by atoms with Gasteiger partial charge in [-0.2, -0.15) is 0 Å². The lowest BCUT2D eigenvalue weighted by Crippen LogP contribution is -2.39. The Morgan fingerprint density at radius 3 is 2.35 bits per heavy atom. The van der Waals surface area contributed by atoms with Gasteiger partial charge in [0.05, 0.1) is 25.6 Å². The number of ether oxygens (including phenoxy) is 3. The van der Waals surface area contributed by atoms with Crippen molar-refractivity contribution in [3.05, 3.63) is 12.3 Å². The number of rotatable bonds is 10. The maximum atomic E-state index is 5.96. The Morgan fingerprint density at radius 1 is 1.15 bits per heavy atom. The van der Waals surface area contributed by atoms with E-state index in [0.29, 0.717) is 20.0 Å². The minimum Gasteiger partial charge on any atom is -0.549 e. The van der Waals surface area contributed by atoms with E-state index in [2.05, 4.69) is 33.9 Å². The van der Waals surface area contributed by atoms with Crippen molar-refractivity contribution < 1.29 is 18.6 Å². The van der Waals surface area contributed by atoms with Crippen molar-refractivity contribution in [2.24, 2.45) is 0 Å². The molecule has 0 heterocycles. The molecule has 0 saturated carbocycles. The van der Waals surface area contributed by atoms with Gasteiger partial charge >= 0.3 is 0 Å². The molecule has 4 nitrogen and oxygen atoms in total. The predicted octanol–water partition coefficient (Wildman–Crippen LogP) is 3.94. The minimum absolute atomic E-state index is 0.122. The van der Waals surface area contributed by atoms with Crippen LogP contribution in [-0.4, -0.2) is 41.5 Å². The molecule has 0 aliphatic carbocycles. The molecular formula is C15H32O4Si. The van der Waals surface area contributed by atoms with E-state index < -0.39 is 8.32 Å². The van der Waals surface area contributed by atoms with E-state index in [1.54, 1.807) is 7.11 Å². The molecule has 0 spiro atoms. The zero-order valence-corrected chi connectivity index (χ0v) is 15.2. The van der Waals surface area contributed by atoms with Gasteiger partial charge in [-0.3, -0.25) is 0 Å². The van der Waals surface area contributed by atoms with E-state index in [1.807, 2.05) is 19.3 Å². The minimum atomic E-state index is -1.68. The first-order valence-electron chi connectivity index (χ1n) is 7.22. The summed E-state index contributed by atoms with van der Waals surface area (Å²) in [5, 5.41) is 0.231. The summed E-state index contributed by atoms with van der Waals surface area (Å²) in [4.78, 5) is 0. The van der Waals surface area contributed by atoms with Crippen LogP contribution >= 0.6 is 0 Å². The third-order valence-corrected chi connectivity index (χ3v) is 7.94. The fourth-order valence-corrected chi connectivity index (χ4v) is 1.87. The average molecular weight is 305 g/mol. The lowest BCUT2D eigenvalue weighted by Gasteiger charge is -2.35. The zero-order chi connectivity index (χ0) is 15.6. The summed E-state index contributed by atoms with van der Waals surface area (Å²) >= 11 is 0. The molecule has 0 bridgehead atoms. The van der Waals surface area contributed by atoms with Gasteiger partial charge in [-0.05, 0) is 37.6 Å². The monoisotopic (exact) mass is 304 g/mol. The highest BCUT2D eigenvalue weighted by Crippen LogP contribution is 2.36. The third kappa shape index (κ3) is 8.74. The molecule has 120 valence electrons. The second kappa shape index (κ2) is 9.55. The zero-order valence-electron chi connectivity index (χ0n) is 14.2. The molecule has 0 unspecified atom stereocenters. The molecule has 0 N–H and O–H groups in total. The van der Waals surface area contributed by atoms with Crippen molar-refractivity contribution in [3.63, 3.8) is 0 Å². The summed E-state index contributed by atoms with van der Waals surface area (Å²) in [5.41, 5.74) is 0. The summed E-state index contributed by atoms with van der Waals surface area (Å²) in [5.74, 6) is 0. The molecule has 0 aliphatic heterocycles. The topological polar surface area (TPSA) is 36.9 Å². The molecule has 0 aromatic rings. The van der Waals surface area contributed by atoms with Crippen LogP contribution in [0.3, 0.4) is 0 Å². The Bertz CT molecular complexity index is 272. The van der Waals surface area contributed by atoms with E-state index in [9.17, 15) is 0 Å². The molecule has 0 aliphatic rings. The van der Waals surface area contributed by atoms with Gasteiger partial charge in [0.1, 0.15) is 6.79 Å². The summed E-state index contributed by atoms with van der Waals surface area (Å²) in [6.45, 7) is 14.7. The van der Waals surface area contributed by atoms with E-state index in [-0.39, 0.29) is 11.1 Å². The van der Waals surface area contributed by atoms with Gasteiger partial charge < -0.3 is 18.6 Å². The smallest absolute Gasteiger partial charge is 0.249 e. The van der Waals surface area contributed by atoms with Crippen LogP contribution in [-0.2, 0) is 18.6 Å². The van der Waals surface area contributed by atoms with Gasteiger partial charge in [-0.25, -0.2) is 0 Å². The number of hydrogen-bond donors (Lipinski definition) is 0. The lowest BCUT2D eigenvalue weighted by atomic mass is 10.2. The Kier molecular flexibility index (Phi) is 9.38. The first-order chi connectivity index (χ1) is 9.20. The maximum Gasteiger partial charge on any atom is 0.249 e. The summed E-state index contributed by atoms with van der Waals surface area (Å²) < 4.78 is 21.6.